The highest BCUT2D eigenvalue weighted by molar-refractivity contribution is 5.53. The van der Waals surface area contributed by atoms with Gasteiger partial charge in [-0.3, -0.25) is 0 Å². The summed E-state index contributed by atoms with van der Waals surface area (Å²) in [5.74, 6) is 1.40. The monoisotopic (exact) mass is 207 g/mol. The molecule has 0 aliphatic heterocycles. The summed E-state index contributed by atoms with van der Waals surface area (Å²) >= 11 is 0. The van der Waals surface area contributed by atoms with Crippen LogP contribution in [0.5, 0.6) is 5.75 Å². The van der Waals surface area contributed by atoms with Crippen LogP contribution in [0.3, 0.4) is 0 Å². The Labute approximate surface area is 92.4 Å². The Kier molecular flexibility index (Phi) is 4.47. The minimum Gasteiger partial charge on any atom is -0.491 e. The summed E-state index contributed by atoms with van der Waals surface area (Å²) < 4.78 is 5.68. The fourth-order valence-corrected chi connectivity index (χ4v) is 1.61. The van der Waals surface area contributed by atoms with Gasteiger partial charge in [0.25, 0.3) is 0 Å². The number of aryl methyl sites for hydroxylation is 1. The smallest absolute Gasteiger partial charge is 0.142 e. The van der Waals surface area contributed by atoms with Crippen LogP contribution in [0.4, 0.5) is 5.69 Å². The first-order valence-corrected chi connectivity index (χ1v) is 5.62. The van der Waals surface area contributed by atoms with Gasteiger partial charge in [-0.15, -0.1) is 0 Å². The molecule has 0 aromatic heterocycles. The molecule has 0 spiro atoms. The summed E-state index contributed by atoms with van der Waals surface area (Å²) in [6.45, 7) is 7.17. The summed E-state index contributed by atoms with van der Waals surface area (Å²) in [6, 6.07) is 5.92. The molecular formula is C13H21NO. The van der Waals surface area contributed by atoms with E-state index in [1.165, 1.54) is 18.4 Å². The van der Waals surface area contributed by atoms with Gasteiger partial charge in [0.2, 0.25) is 0 Å². The number of ether oxygens (including phenoxy) is 1. The highest BCUT2D eigenvalue weighted by Gasteiger charge is 2.04. The predicted molar refractivity (Wildman–Crippen MR) is 65.2 cm³/mol. The van der Waals surface area contributed by atoms with Crippen molar-refractivity contribution in [3.05, 3.63) is 23.8 Å². The van der Waals surface area contributed by atoms with Crippen molar-refractivity contribution < 1.29 is 4.74 Å². The molecule has 0 aliphatic rings. The number of hydrogen-bond acceptors (Lipinski definition) is 2. The Morgan fingerprint density at radius 1 is 1.40 bits per heavy atom. The van der Waals surface area contributed by atoms with E-state index >= 15 is 0 Å². The molecule has 2 heteroatoms. The fraction of sp³-hybridized carbons (Fsp3) is 0.538. The van der Waals surface area contributed by atoms with Crippen molar-refractivity contribution in [2.75, 3.05) is 12.3 Å². The van der Waals surface area contributed by atoms with Crippen LogP contribution in [0.2, 0.25) is 0 Å². The standard InChI is InChI=1S/C13H21NO/c1-4-5-11(3)9-15-13-7-6-10(2)8-12(13)14/h6-8,11H,4-5,9,14H2,1-3H3/t11-/m1/s1. The Hall–Kier alpha value is -1.18. The summed E-state index contributed by atoms with van der Waals surface area (Å²) in [5.41, 5.74) is 7.76. The highest BCUT2D eigenvalue weighted by atomic mass is 16.5. The molecule has 1 aromatic carbocycles. The minimum absolute atomic E-state index is 0.593. The fourth-order valence-electron chi connectivity index (χ4n) is 1.61. The molecule has 0 saturated heterocycles. The molecule has 2 nitrogen and oxygen atoms in total. The van der Waals surface area contributed by atoms with Crippen LogP contribution in [0.25, 0.3) is 0 Å². The zero-order valence-corrected chi connectivity index (χ0v) is 9.92. The number of rotatable bonds is 5. The Bertz CT molecular complexity index is 309. The molecule has 1 atom stereocenters. The molecule has 0 fully saturated rings. The summed E-state index contributed by atoms with van der Waals surface area (Å²) in [7, 11) is 0. The largest absolute Gasteiger partial charge is 0.491 e. The van der Waals surface area contributed by atoms with Crippen LogP contribution in [0.1, 0.15) is 32.3 Å². The van der Waals surface area contributed by atoms with Gasteiger partial charge in [-0.05, 0) is 37.0 Å². The zero-order valence-electron chi connectivity index (χ0n) is 9.92. The van der Waals surface area contributed by atoms with Crippen molar-refractivity contribution in [1.82, 2.24) is 0 Å². The quantitative estimate of drug-likeness (QED) is 0.751. The molecule has 0 saturated carbocycles. The van der Waals surface area contributed by atoms with Crippen LogP contribution in [0.15, 0.2) is 18.2 Å². The lowest BCUT2D eigenvalue weighted by atomic mass is 10.1. The van der Waals surface area contributed by atoms with E-state index in [4.69, 9.17) is 10.5 Å². The van der Waals surface area contributed by atoms with E-state index in [0.717, 1.165) is 18.0 Å². The lowest BCUT2D eigenvalue weighted by Crippen LogP contribution is -2.09. The number of nitrogens with two attached hydrogens (primary N) is 1. The molecule has 15 heavy (non-hydrogen) atoms. The molecule has 0 unspecified atom stereocenters. The SMILES string of the molecule is CCC[C@@H](C)COc1ccc(C)cc1N. The van der Waals surface area contributed by atoms with E-state index in [1.54, 1.807) is 0 Å². The molecule has 0 radical (unpaired) electrons. The lowest BCUT2D eigenvalue weighted by Gasteiger charge is -2.13. The van der Waals surface area contributed by atoms with Crippen LogP contribution < -0.4 is 10.5 Å². The summed E-state index contributed by atoms with van der Waals surface area (Å²) in [4.78, 5) is 0. The van der Waals surface area contributed by atoms with Crippen LogP contribution >= 0.6 is 0 Å². The lowest BCUT2D eigenvalue weighted by molar-refractivity contribution is 0.253. The maximum atomic E-state index is 5.86. The maximum absolute atomic E-state index is 5.86. The maximum Gasteiger partial charge on any atom is 0.142 e. The summed E-state index contributed by atoms with van der Waals surface area (Å²) in [5, 5.41) is 0. The van der Waals surface area contributed by atoms with Gasteiger partial charge in [-0.2, -0.15) is 0 Å². The molecule has 1 rings (SSSR count). The molecule has 0 bridgehead atoms. The molecule has 0 heterocycles. The number of anilines is 1. The van der Waals surface area contributed by atoms with Crippen molar-refractivity contribution in [2.24, 2.45) is 5.92 Å². The summed E-state index contributed by atoms with van der Waals surface area (Å²) in [6.07, 6.45) is 2.40. The van der Waals surface area contributed by atoms with Gasteiger partial charge in [-0.25, -0.2) is 0 Å². The van der Waals surface area contributed by atoms with Gasteiger partial charge in [0.15, 0.2) is 0 Å². The van der Waals surface area contributed by atoms with E-state index in [0.29, 0.717) is 5.92 Å². The van der Waals surface area contributed by atoms with E-state index in [1.807, 2.05) is 25.1 Å². The minimum atomic E-state index is 0.593. The molecular weight excluding hydrogens is 186 g/mol. The third kappa shape index (κ3) is 3.82. The third-order valence-electron chi connectivity index (χ3n) is 2.47. The van der Waals surface area contributed by atoms with Gasteiger partial charge in [0.1, 0.15) is 5.75 Å². The molecule has 1 aromatic rings. The molecule has 0 amide bonds. The van der Waals surface area contributed by atoms with Crippen LogP contribution in [-0.4, -0.2) is 6.61 Å². The van der Waals surface area contributed by atoms with E-state index < -0.39 is 0 Å². The van der Waals surface area contributed by atoms with E-state index in [9.17, 15) is 0 Å². The van der Waals surface area contributed by atoms with E-state index in [-0.39, 0.29) is 0 Å². The average molecular weight is 207 g/mol. The number of benzene rings is 1. The first-order valence-electron chi connectivity index (χ1n) is 5.62. The second kappa shape index (κ2) is 5.64. The van der Waals surface area contributed by atoms with Crippen molar-refractivity contribution in [2.45, 2.75) is 33.6 Å². The Morgan fingerprint density at radius 2 is 2.13 bits per heavy atom. The predicted octanol–water partition coefficient (Wildman–Crippen LogP) is 3.39. The molecule has 0 aliphatic carbocycles. The molecule has 2 N–H and O–H groups in total. The van der Waals surface area contributed by atoms with Gasteiger partial charge < -0.3 is 10.5 Å². The molecule has 84 valence electrons. The zero-order chi connectivity index (χ0) is 11.3. The van der Waals surface area contributed by atoms with Gasteiger partial charge >= 0.3 is 0 Å². The van der Waals surface area contributed by atoms with E-state index in [2.05, 4.69) is 13.8 Å². The second-order valence-corrected chi connectivity index (χ2v) is 4.25. The first-order chi connectivity index (χ1) is 7.13. The van der Waals surface area contributed by atoms with Gasteiger partial charge in [0.05, 0.1) is 12.3 Å². The first kappa shape index (κ1) is 11.9. The van der Waals surface area contributed by atoms with Crippen molar-refractivity contribution in [3.8, 4) is 5.75 Å². The topological polar surface area (TPSA) is 35.2 Å². The second-order valence-electron chi connectivity index (χ2n) is 4.25. The van der Waals surface area contributed by atoms with Gasteiger partial charge in [0, 0.05) is 0 Å². The number of nitrogen functional groups attached to an aromatic ring is 1. The normalized spacial score (nSPS) is 12.5. The Morgan fingerprint density at radius 3 is 2.73 bits per heavy atom. The third-order valence-corrected chi connectivity index (χ3v) is 2.47. The Balaban J connectivity index is 2.50. The highest BCUT2D eigenvalue weighted by Crippen LogP contribution is 2.23. The van der Waals surface area contributed by atoms with Gasteiger partial charge in [-0.1, -0.05) is 26.3 Å². The van der Waals surface area contributed by atoms with Crippen LogP contribution in [-0.2, 0) is 0 Å². The average Bonchev–Trinajstić information content (AvgIpc) is 2.17. The van der Waals surface area contributed by atoms with Crippen molar-refractivity contribution in [3.63, 3.8) is 0 Å². The van der Waals surface area contributed by atoms with Crippen molar-refractivity contribution in [1.29, 1.82) is 0 Å². The van der Waals surface area contributed by atoms with Crippen molar-refractivity contribution >= 4 is 5.69 Å². The number of hydrogen-bond donors (Lipinski definition) is 1. The van der Waals surface area contributed by atoms with Crippen LogP contribution in [0, 0.1) is 12.8 Å².